The summed E-state index contributed by atoms with van der Waals surface area (Å²) in [6.45, 7) is 4.38. The highest BCUT2D eigenvalue weighted by Gasteiger charge is 2.09. The van der Waals surface area contributed by atoms with Gasteiger partial charge in [0.1, 0.15) is 0 Å². The minimum atomic E-state index is 0.962. The molecule has 0 saturated carbocycles. The number of rotatable bonds is 2. The molecule has 1 aliphatic rings. The summed E-state index contributed by atoms with van der Waals surface area (Å²) in [4.78, 5) is 0. The molecule has 0 bridgehead atoms. The third kappa shape index (κ3) is 2.53. The molecule has 0 amide bonds. The molecular weight excluding hydrogens is 132 g/mol. The molecule has 0 spiro atoms. The van der Waals surface area contributed by atoms with Crippen LogP contribution < -0.4 is 0 Å². The van der Waals surface area contributed by atoms with Crippen LogP contribution in [0.3, 0.4) is 0 Å². The zero-order valence-corrected chi connectivity index (χ0v) is 7.64. The minimum Gasteiger partial charge on any atom is -0.0874 e. The lowest BCUT2D eigenvalue weighted by atomic mass is 9.88. The Labute approximate surface area is 70.0 Å². The lowest BCUT2D eigenvalue weighted by molar-refractivity contribution is 0.459. The molecule has 1 aliphatic carbocycles. The number of allylic oxidation sites excluding steroid dienone is 4. The molecule has 1 atom stereocenters. The first kappa shape index (κ1) is 8.58. The highest BCUT2D eigenvalue weighted by atomic mass is 14.2. The van der Waals surface area contributed by atoms with Gasteiger partial charge in [-0.1, -0.05) is 37.1 Å². The lowest BCUT2D eigenvalue weighted by Crippen LogP contribution is -2.02. The van der Waals surface area contributed by atoms with E-state index in [0.717, 1.165) is 5.92 Å². The van der Waals surface area contributed by atoms with Gasteiger partial charge in [0.05, 0.1) is 0 Å². The molecule has 0 heteroatoms. The predicted octanol–water partition coefficient (Wildman–Crippen LogP) is 3.70. The van der Waals surface area contributed by atoms with E-state index in [2.05, 4.69) is 32.1 Å². The molecule has 0 N–H and O–H groups in total. The van der Waals surface area contributed by atoms with Gasteiger partial charge in [0.25, 0.3) is 0 Å². The largest absolute Gasteiger partial charge is 0.0874 e. The maximum absolute atomic E-state index is 2.40. The predicted molar refractivity (Wildman–Crippen MR) is 50.5 cm³/mol. The average Bonchev–Trinajstić information content (AvgIpc) is 2.07. The van der Waals surface area contributed by atoms with E-state index in [9.17, 15) is 0 Å². The second kappa shape index (κ2) is 4.38. The monoisotopic (exact) mass is 150 g/mol. The van der Waals surface area contributed by atoms with Crippen molar-refractivity contribution in [2.24, 2.45) is 5.92 Å². The number of hydrogen-bond donors (Lipinski definition) is 0. The van der Waals surface area contributed by atoms with Crippen LogP contribution in [-0.2, 0) is 0 Å². The van der Waals surface area contributed by atoms with E-state index in [1.54, 1.807) is 0 Å². The van der Waals surface area contributed by atoms with Gasteiger partial charge in [0.15, 0.2) is 0 Å². The van der Waals surface area contributed by atoms with Gasteiger partial charge in [0.2, 0.25) is 0 Å². The fourth-order valence-corrected chi connectivity index (χ4v) is 1.64. The summed E-state index contributed by atoms with van der Waals surface area (Å²) in [5.74, 6) is 0.962. The third-order valence-corrected chi connectivity index (χ3v) is 2.51. The Morgan fingerprint density at radius 3 is 2.91 bits per heavy atom. The summed E-state index contributed by atoms with van der Waals surface area (Å²) < 4.78 is 0. The SMILES string of the molecule is C/C=C/C1=CCC(CC)CC1. The molecule has 0 saturated heterocycles. The van der Waals surface area contributed by atoms with Gasteiger partial charge in [-0.2, -0.15) is 0 Å². The summed E-state index contributed by atoms with van der Waals surface area (Å²) >= 11 is 0. The maximum Gasteiger partial charge on any atom is -0.0279 e. The smallest absolute Gasteiger partial charge is 0.0279 e. The van der Waals surface area contributed by atoms with Crippen LogP contribution in [0.2, 0.25) is 0 Å². The third-order valence-electron chi connectivity index (χ3n) is 2.51. The van der Waals surface area contributed by atoms with Gasteiger partial charge in [0, 0.05) is 0 Å². The summed E-state index contributed by atoms with van der Waals surface area (Å²) in [5.41, 5.74) is 1.54. The van der Waals surface area contributed by atoms with Crippen molar-refractivity contribution in [1.29, 1.82) is 0 Å². The van der Waals surface area contributed by atoms with Crippen molar-refractivity contribution in [3.63, 3.8) is 0 Å². The van der Waals surface area contributed by atoms with E-state index < -0.39 is 0 Å². The van der Waals surface area contributed by atoms with Gasteiger partial charge >= 0.3 is 0 Å². The molecule has 0 fully saturated rings. The lowest BCUT2D eigenvalue weighted by Gasteiger charge is -2.18. The van der Waals surface area contributed by atoms with Crippen molar-refractivity contribution < 1.29 is 0 Å². The summed E-state index contributed by atoms with van der Waals surface area (Å²) in [5, 5.41) is 0. The standard InChI is InChI=1S/C11H18/c1-3-5-11-8-6-10(4-2)7-9-11/h3,5,8,10H,4,6-7,9H2,1-2H3/b5-3+. The molecular formula is C11H18. The van der Waals surface area contributed by atoms with E-state index in [0.29, 0.717) is 0 Å². The summed E-state index contributed by atoms with van der Waals surface area (Å²) in [6, 6.07) is 0. The van der Waals surface area contributed by atoms with Crippen LogP contribution in [0.1, 0.15) is 39.5 Å². The second-order valence-electron chi connectivity index (χ2n) is 3.33. The highest BCUT2D eigenvalue weighted by Crippen LogP contribution is 2.25. The van der Waals surface area contributed by atoms with Gasteiger partial charge in [-0.25, -0.2) is 0 Å². The second-order valence-corrected chi connectivity index (χ2v) is 3.33. The molecule has 0 aromatic rings. The minimum absolute atomic E-state index is 0.962. The maximum atomic E-state index is 2.40. The molecule has 1 rings (SSSR count). The van der Waals surface area contributed by atoms with Crippen molar-refractivity contribution in [2.75, 3.05) is 0 Å². The first-order chi connectivity index (χ1) is 5.36. The van der Waals surface area contributed by atoms with Crippen molar-refractivity contribution >= 4 is 0 Å². The molecule has 0 nitrogen and oxygen atoms in total. The average molecular weight is 150 g/mol. The fraction of sp³-hybridized carbons (Fsp3) is 0.636. The molecule has 0 aromatic heterocycles. The molecule has 62 valence electrons. The Kier molecular flexibility index (Phi) is 3.41. The van der Waals surface area contributed by atoms with Crippen LogP contribution in [0.4, 0.5) is 0 Å². The summed E-state index contributed by atoms with van der Waals surface area (Å²) in [6.07, 6.45) is 12.1. The van der Waals surface area contributed by atoms with Crippen LogP contribution in [-0.4, -0.2) is 0 Å². The van der Waals surface area contributed by atoms with Gasteiger partial charge in [-0.05, 0) is 32.1 Å². The van der Waals surface area contributed by atoms with Crippen molar-refractivity contribution in [2.45, 2.75) is 39.5 Å². The molecule has 0 aliphatic heterocycles. The molecule has 1 unspecified atom stereocenters. The Morgan fingerprint density at radius 2 is 2.45 bits per heavy atom. The van der Waals surface area contributed by atoms with E-state index in [1.165, 1.54) is 31.3 Å². The normalized spacial score (nSPS) is 25.6. The Bertz CT molecular complexity index is 163. The Morgan fingerprint density at radius 1 is 1.64 bits per heavy atom. The van der Waals surface area contributed by atoms with Crippen LogP contribution in [0, 0.1) is 5.92 Å². The van der Waals surface area contributed by atoms with Gasteiger partial charge in [-0.3, -0.25) is 0 Å². The van der Waals surface area contributed by atoms with E-state index in [-0.39, 0.29) is 0 Å². The zero-order valence-electron chi connectivity index (χ0n) is 7.64. The first-order valence-corrected chi connectivity index (χ1v) is 4.68. The molecule has 0 aromatic carbocycles. The Balaban J connectivity index is 2.43. The van der Waals surface area contributed by atoms with Crippen LogP contribution in [0.15, 0.2) is 23.8 Å². The topological polar surface area (TPSA) is 0 Å². The van der Waals surface area contributed by atoms with Crippen LogP contribution in [0.25, 0.3) is 0 Å². The van der Waals surface area contributed by atoms with E-state index in [1.807, 2.05) is 0 Å². The van der Waals surface area contributed by atoms with E-state index >= 15 is 0 Å². The number of hydrogen-bond acceptors (Lipinski definition) is 0. The fourth-order valence-electron chi connectivity index (χ4n) is 1.64. The summed E-state index contributed by atoms with van der Waals surface area (Å²) in [7, 11) is 0. The van der Waals surface area contributed by atoms with Crippen molar-refractivity contribution in [3.05, 3.63) is 23.8 Å². The highest BCUT2D eigenvalue weighted by molar-refractivity contribution is 5.20. The molecule has 11 heavy (non-hydrogen) atoms. The van der Waals surface area contributed by atoms with Crippen molar-refractivity contribution in [1.82, 2.24) is 0 Å². The molecule has 0 heterocycles. The molecule has 0 radical (unpaired) electrons. The van der Waals surface area contributed by atoms with Crippen molar-refractivity contribution in [3.8, 4) is 0 Å². The zero-order chi connectivity index (χ0) is 8.10. The Hall–Kier alpha value is -0.520. The first-order valence-electron chi connectivity index (χ1n) is 4.68. The van der Waals surface area contributed by atoms with Crippen LogP contribution in [0.5, 0.6) is 0 Å². The van der Waals surface area contributed by atoms with Gasteiger partial charge in [-0.15, -0.1) is 0 Å². The van der Waals surface area contributed by atoms with E-state index in [4.69, 9.17) is 0 Å². The van der Waals surface area contributed by atoms with Gasteiger partial charge < -0.3 is 0 Å². The quantitative estimate of drug-likeness (QED) is 0.563. The van der Waals surface area contributed by atoms with Crippen LogP contribution >= 0.6 is 0 Å².